The molecular weight excluding hydrogens is 350 g/mol. The Bertz CT molecular complexity index is 653. The van der Waals surface area contributed by atoms with E-state index in [1.807, 2.05) is 4.90 Å². The standard InChI is InChI=1S/C16H21N3O5.ClH/c1-11-4-5-13(19(23)24)9-14(11)17-15(20)6-8-18-7-2-3-12(10-18)16(21)22;/h4-5,9,12H,2-3,6-8,10H2,1H3,(H,17,20)(H,21,22);1H. The molecule has 2 rings (SSSR count). The van der Waals surface area contributed by atoms with Gasteiger partial charge >= 0.3 is 5.97 Å². The van der Waals surface area contributed by atoms with Crippen LogP contribution in [0.4, 0.5) is 11.4 Å². The van der Waals surface area contributed by atoms with Crippen LogP contribution in [0, 0.1) is 23.0 Å². The Labute approximate surface area is 151 Å². The number of hydrogen-bond acceptors (Lipinski definition) is 5. The van der Waals surface area contributed by atoms with E-state index in [-0.39, 0.29) is 36.3 Å². The monoisotopic (exact) mass is 371 g/mol. The van der Waals surface area contributed by atoms with Crippen molar-refractivity contribution in [3.05, 3.63) is 33.9 Å². The average Bonchev–Trinajstić information content (AvgIpc) is 2.55. The number of carboxylic acids is 1. The number of hydrogen-bond donors (Lipinski definition) is 2. The number of nitrogens with one attached hydrogen (secondary N) is 1. The maximum absolute atomic E-state index is 12.1. The van der Waals surface area contributed by atoms with Crippen LogP contribution in [0.25, 0.3) is 0 Å². The van der Waals surface area contributed by atoms with Gasteiger partial charge in [-0.15, -0.1) is 12.4 Å². The van der Waals surface area contributed by atoms with Crippen LogP contribution < -0.4 is 5.32 Å². The molecule has 1 amide bonds. The lowest BCUT2D eigenvalue weighted by molar-refractivity contribution is -0.384. The van der Waals surface area contributed by atoms with Gasteiger partial charge in [-0.3, -0.25) is 19.7 Å². The van der Waals surface area contributed by atoms with Gasteiger partial charge in [0.05, 0.1) is 16.5 Å². The molecule has 1 fully saturated rings. The Balaban J connectivity index is 0.00000312. The van der Waals surface area contributed by atoms with Gasteiger partial charge in [0.25, 0.3) is 5.69 Å². The van der Waals surface area contributed by atoms with E-state index in [0.717, 1.165) is 18.5 Å². The van der Waals surface area contributed by atoms with Crippen molar-refractivity contribution in [2.75, 3.05) is 25.0 Å². The van der Waals surface area contributed by atoms with Crippen molar-refractivity contribution < 1.29 is 19.6 Å². The second-order valence-electron chi connectivity index (χ2n) is 6.03. The number of aliphatic carboxylic acids is 1. The van der Waals surface area contributed by atoms with Crippen LogP contribution in [0.2, 0.25) is 0 Å². The van der Waals surface area contributed by atoms with Gasteiger partial charge in [-0.2, -0.15) is 0 Å². The van der Waals surface area contributed by atoms with Crippen LogP contribution in [0.3, 0.4) is 0 Å². The summed E-state index contributed by atoms with van der Waals surface area (Å²) < 4.78 is 0. The van der Waals surface area contributed by atoms with E-state index in [4.69, 9.17) is 5.11 Å². The third kappa shape index (κ3) is 5.99. The molecule has 25 heavy (non-hydrogen) atoms. The molecule has 1 unspecified atom stereocenters. The maximum Gasteiger partial charge on any atom is 0.307 e. The van der Waals surface area contributed by atoms with Crippen LogP contribution in [-0.2, 0) is 9.59 Å². The second kappa shape index (κ2) is 9.33. The van der Waals surface area contributed by atoms with Crippen molar-refractivity contribution in [2.24, 2.45) is 5.92 Å². The largest absolute Gasteiger partial charge is 0.481 e. The molecular formula is C16H22ClN3O5. The van der Waals surface area contributed by atoms with E-state index in [1.54, 1.807) is 13.0 Å². The topological polar surface area (TPSA) is 113 Å². The van der Waals surface area contributed by atoms with Crippen molar-refractivity contribution >= 4 is 35.7 Å². The third-order valence-electron chi connectivity index (χ3n) is 4.22. The SMILES string of the molecule is Cc1ccc([N+](=O)[O-])cc1NC(=O)CCN1CCCC(C(=O)O)C1.Cl. The molecule has 1 atom stereocenters. The number of nitrogens with zero attached hydrogens (tertiary/aromatic N) is 2. The molecule has 1 heterocycles. The highest BCUT2D eigenvalue weighted by Crippen LogP contribution is 2.22. The van der Waals surface area contributed by atoms with Crippen LogP contribution >= 0.6 is 12.4 Å². The van der Waals surface area contributed by atoms with Crippen molar-refractivity contribution in [1.82, 2.24) is 4.90 Å². The minimum absolute atomic E-state index is 0. The zero-order valence-electron chi connectivity index (χ0n) is 13.9. The number of carbonyl (C=O) groups is 2. The third-order valence-corrected chi connectivity index (χ3v) is 4.22. The number of carboxylic acid groups (broad SMARTS) is 1. The van der Waals surface area contributed by atoms with Crippen molar-refractivity contribution in [3.8, 4) is 0 Å². The molecule has 1 aromatic rings. The van der Waals surface area contributed by atoms with E-state index in [2.05, 4.69) is 5.32 Å². The first-order valence-electron chi connectivity index (χ1n) is 7.87. The number of piperidine rings is 1. The van der Waals surface area contributed by atoms with E-state index < -0.39 is 10.9 Å². The first kappa shape index (κ1) is 20.9. The first-order valence-corrected chi connectivity index (χ1v) is 7.87. The highest BCUT2D eigenvalue weighted by molar-refractivity contribution is 5.92. The van der Waals surface area contributed by atoms with E-state index >= 15 is 0 Å². The molecule has 1 aromatic carbocycles. The van der Waals surface area contributed by atoms with Crippen LogP contribution in [0.1, 0.15) is 24.8 Å². The van der Waals surface area contributed by atoms with Crippen LogP contribution in [0.5, 0.6) is 0 Å². The second-order valence-corrected chi connectivity index (χ2v) is 6.03. The lowest BCUT2D eigenvalue weighted by Gasteiger charge is -2.30. The highest BCUT2D eigenvalue weighted by atomic mass is 35.5. The zero-order chi connectivity index (χ0) is 17.7. The summed E-state index contributed by atoms with van der Waals surface area (Å²) >= 11 is 0. The normalized spacial score (nSPS) is 17.4. The molecule has 0 aliphatic carbocycles. The number of non-ortho nitro benzene ring substituents is 1. The predicted molar refractivity (Wildman–Crippen MR) is 95.1 cm³/mol. The number of benzene rings is 1. The molecule has 1 aliphatic rings. The quantitative estimate of drug-likeness (QED) is 0.586. The molecule has 138 valence electrons. The Kier molecular flexibility index (Phi) is 7.79. The van der Waals surface area contributed by atoms with Gasteiger partial charge in [0, 0.05) is 31.6 Å². The predicted octanol–water partition coefficient (Wildman–Crippen LogP) is 2.45. The number of likely N-dealkylation sites (tertiary alicyclic amines) is 1. The molecule has 2 N–H and O–H groups in total. The summed E-state index contributed by atoms with van der Waals surface area (Å²) in [6.07, 6.45) is 1.70. The number of nitro benzene ring substituents is 1. The molecule has 0 radical (unpaired) electrons. The summed E-state index contributed by atoms with van der Waals surface area (Å²) in [6.45, 7) is 3.48. The Morgan fingerprint density at radius 2 is 2.16 bits per heavy atom. The van der Waals surface area contributed by atoms with Gasteiger partial charge in [-0.25, -0.2) is 0 Å². The summed E-state index contributed by atoms with van der Waals surface area (Å²) in [7, 11) is 0. The lowest BCUT2D eigenvalue weighted by atomic mass is 9.98. The lowest BCUT2D eigenvalue weighted by Crippen LogP contribution is -2.40. The van der Waals surface area contributed by atoms with Gasteiger partial charge in [-0.05, 0) is 31.9 Å². The number of carbonyl (C=O) groups excluding carboxylic acids is 1. The van der Waals surface area contributed by atoms with Crippen LogP contribution in [-0.4, -0.2) is 46.4 Å². The Morgan fingerprint density at radius 1 is 1.44 bits per heavy atom. The molecule has 8 nitrogen and oxygen atoms in total. The molecule has 0 saturated carbocycles. The summed E-state index contributed by atoms with van der Waals surface area (Å²) in [5.41, 5.74) is 1.10. The fourth-order valence-electron chi connectivity index (χ4n) is 2.79. The minimum atomic E-state index is -0.795. The summed E-state index contributed by atoms with van der Waals surface area (Å²) in [5, 5.41) is 22.6. The number of nitro groups is 1. The smallest absolute Gasteiger partial charge is 0.307 e. The summed E-state index contributed by atoms with van der Waals surface area (Å²) in [5.74, 6) is -1.41. The van der Waals surface area contributed by atoms with Crippen molar-refractivity contribution in [1.29, 1.82) is 0 Å². The van der Waals surface area contributed by atoms with E-state index in [0.29, 0.717) is 25.2 Å². The van der Waals surface area contributed by atoms with Gasteiger partial charge in [0.1, 0.15) is 0 Å². The first-order chi connectivity index (χ1) is 11.4. The summed E-state index contributed by atoms with van der Waals surface area (Å²) in [6, 6.07) is 4.33. The number of halogens is 1. The number of anilines is 1. The molecule has 0 spiro atoms. The molecule has 1 aliphatic heterocycles. The van der Waals surface area contributed by atoms with Gasteiger partial charge in [0.15, 0.2) is 0 Å². The zero-order valence-corrected chi connectivity index (χ0v) is 14.8. The fraction of sp³-hybridized carbons (Fsp3) is 0.500. The van der Waals surface area contributed by atoms with E-state index in [9.17, 15) is 19.7 Å². The number of aryl methyl sites for hydroxylation is 1. The van der Waals surface area contributed by atoms with E-state index in [1.165, 1.54) is 12.1 Å². The van der Waals surface area contributed by atoms with Gasteiger partial charge < -0.3 is 15.3 Å². The van der Waals surface area contributed by atoms with Crippen molar-refractivity contribution in [3.63, 3.8) is 0 Å². The van der Waals surface area contributed by atoms with Crippen LogP contribution in [0.15, 0.2) is 18.2 Å². The van der Waals surface area contributed by atoms with Crippen molar-refractivity contribution in [2.45, 2.75) is 26.2 Å². The molecule has 0 aromatic heterocycles. The van der Waals surface area contributed by atoms with Gasteiger partial charge in [0.2, 0.25) is 5.91 Å². The Morgan fingerprint density at radius 3 is 2.80 bits per heavy atom. The number of amides is 1. The van der Waals surface area contributed by atoms with Gasteiger partial charge in [-0.1, -0.05) is 6.07 Å². The molecule has 0 bridgehead atoms. The highest BCUT2D eigenvalue weighted by Gasteiger charge is 2.25. The minimum Gasteiger partial charge on any atom is -0.481 e. The summed E-state index contributed by atoms with van der Waals surface area (Å²) in [4.78, 5) is 35.4. The average molecular weight is 372 g/mol. The molecule has 1 saturated heterocycles. The fourth-order valence-corrected chi connectivity index (χ4v) is 2.79. The molecule has 9 heteroatoms. The number of rotatable bonds is 6. The maximum atomic E-state index is 12.1. The Hall–Kier alpha value is -2.19.